The van der Waals surface area contributed by atoms with Crippen LogP contribution in [0.25, 0.3) is 12.0 Å². The second kappa shape index (κ2) is 9.38. The smallest absolute Gasteiger partial charge is 0.407 e. The van der Waals surface area contributed by atoms with Crippen molar-refractivity contribution in [3.05, 3.63) is 36.3 Å². The fraction of sp³-hybridized carbons (Fsp3) is 0.615. The molecule has 4 aliphatic rings. The highest BCUT2D eigenvalue weighted by atomic mass is 16.5. The minimum Gasteiger partial charge on any atom is -0.453 e. The fourth-order valence-corrected chi connectivity index (χ4v) is 6.67. The summed E-state index contributed by atoms with van der Waals surface area (Å²) in [4.78, 5) is 25.3. The molecule has 36 heavy (non-hydrogen) atoms. The molecule has 2 aromatic rings. The Labute approximate surface area is 211 Å². The van der Waals surface area contributed by atoms with E-state index >= 15 is 0 Å². The first-order valence-corrected chi connectivity index (χ1v) is 12.8. The lowest BCUT2D eigenvalue weighted by atomic mass is 9.55. The number of carbonyl (C=O) groups excluding carboxylic acids is 2. The Morgan fingerprint density at radius 2 is 2.03 bits per heavy atom. The summed E-state index contributed by atoms with van der Waals surface area (Å²) in [5.41, 5.74) is -0.218. The number of hydrogen-bond donors (Lipinski definition) is 3. The first kappa shape index (κ1) is 24.5. The molecule has 4 fully saturated rings. The molecule has 4 aliphatic carbocycles. The molecule has 4 bridgehead atoms. The second-order valence-electron chi connectivity index (χ2n) is 11.4. The monoisotopic (exact) mass is 496 g/mol. The summed E-state index contributed by atoms with van der Waals surface area (Å²) in [6.07, 6.45) is 14.5. The average molecular weight is 497 g/mol. The van der Waals surface area contributed by atoms with Crippen molar-refractivity contribution < 1.29 is 19.4 Å². The molecule has 0 spiro atoms. The maximum atomic E-state index is 13.6. The van der Waals surface area contributed by atoms with E-state index in [1.807, 2.05) is 13.8 Å². The molecule has 2 aromatic heterocycles. The Morgan fingerprint density at radius 1 is 1.25 bits per heavy atom. The number of carbonyl (C=O) groups is 2. The first-order chi connectivity index (χ1) is 17.2. The summed E-state index contributed by atoms with van der Waals surface area (Å²) >= 11 is 0. The van der Waals surface area contributed by atoms with E-state index in [1.165, 1.54) is 7.11 Å². The Hall–Kier alpha value is -3.14. The molecule has 10 heteroatoms. The van der Waals surface area contributed by atoms with E-state index in [4.69, 9.17) is 4.74 Å². The van der Waals surface area contributed by atoms with Crippen molar-refractivity contribution in [3.63, 3.8) is 0 Å². The third-order valence-electron chi connectivity index (χ3n) is 8.31. The van der Waals surface area contributed by atoms with Crippen molar-refractivity contribution in [2.45, 2.75) is 64.0 Å². The lowest BCUT2D eigenvalue weighted by Gasteiger charge is -2.52. The van der Waals surface area contributed by atoms with Crippen LogP contribution in [0, 0.1) is 23.2 Å². The van der Waals surface area contributed by atoms with Crippen LogP contribution in [-0.4, -0.2) is 62.0 Å². The number of hydrogen-bond acceptors (Lipinski definition) is 6. The van der Waals surface area contributed by atoms with Gasteiger partial charge in [0.2, 0.25) is 0 Å². The predicted octanol–water partition coefficient (Wildman–Crippen LogP) is 2.98. The molecule has 0 aromatic carbocycles. The lowest BCUT2D eigenvalue weighted by Crippen LogP contribution is -2.51. The summed E-state index contributed by atoms with van der Waals surface area (Å²) in [5.74, 6) is 1.89. The fourth-order valence-electron chi connectivity index (χ4n) is 6.67. The van der Waals surface area contributed by atoms with Crippen molar-refractivity contribution >= 4 is 18.2 Å². The molecule has 6 rings (SSSR count). The van der Waals surface area contributed by atoms with Gasteiger partial charge in [0, 0.05) is 31.2 Å². The number of rotatable bonds is 7. The van der Waals surface area contributed by atoms with Gasteiger partial charge in [0.25, 0.3) is 5.91 Å². The third kappa shape index (κ3) is 4.66. The molecule has 4 saturated carbocycles. The van der Waals surface area contributed by atoms with Crippen LogP contribution in [0.1, 0.15) is 62.7 Å². The SMILES string of the molecule is COC(=O)NC(C)(C)/C=C/n1ncc(C(=O)NC2C3CCC2CC2(CO)CC(C3)C2)c1-n1cccn1. The van der Waals surface area contributed by atoms with Crippen LogP contribution in [0.15, 0.2) is 30.7 Å². The standard InChI is InChI=1S/C26H36N6O4/c1-25(2,30-24(35)36-3)7-10-32-23(31-9-4-8-27-31)20(15-28-32)22(34)29-21-18-5-6-19(21)14-26(16-33)12-17(11-18)13-26/h4,7-10,15,17-19,21,33H,5-6,11-14,16H2,1-3H3,(H,29,34)(H,30,35)/b10-7+. The van der Waals surface area contributed by atoms with Crippen LogP contribution in [0.2, 0.25) is 0 Å². The molecule has 2 amide bonds. The predicted molar refractivity (Wildman–Crippen MR) is 133 cm³/mol. The second-order valence-corrected chi connectivity index (χ2v) is 11.4. The number of methoxy groups -OCH3 is 1. The van der Waals surface area contributed by atoms with E-state index in [-0.39, 0.29) is 24.0 Å². The molecule has 3 N–H and O–H groups in total. The number of aliphatic hydroxyl groups excluding tert-OH is 1. The summed E-state index contributed by atoms with van der Waals surface area (Å²) in [6.45, 7) is 3.91. The van der Waals surface area contributed by atoms with E-state index in [0.717, 1.165) is 38.5 Å². The maximum Gasteiger partial charge on any atom is 0.407 e. The number of ether oxygens (including phenoxy) is 1. The number of alkyl carbamates (subject to hydrolysis) is 1. The summed E-state index contributed by atoms with van der Waals surface area (Å²) in [5, 5.41) is 24.9. The Morgan fingerprint density at radius 3 is 2.72 bits per heavy atom. The zero-order chi connectivity index (χ0) is 25.5. The maximum absolute atomic E-state index is 13.6. The van der Waals surface area contributed by atoms with Gasteiger partial charge in [-0.2, -0.15) is 10.2 Å². The Kier molecular flexibility index (Phi) is 6.40. The minimum absolute atomic E-state index is 0.0502. The van der Waals surface area contributed by atoms with Crippen LogP contribution >= 0.6 is 0 Å². The van der Waals surface area contributed by atoms with E-state index in [2.05, 4.69) is 20.8 Å². The van der Waals surface area contributed by atoms with E-state index in [0.29, 0.717) is 29.1 Å². The van der Waals surface area contributed by atoms with Gasteiger partial charge in [-0.1, -0.05) is 0 Å². The number of aliphatic hydroxyl groups is 1. The van der Waals surface area contributed by atoms with Crippen molar-refractivity contribution in [3.8, 4) is 5.82 Å². The van der Waals surface area contributed by atoms with E-state index < -0.39 is 11.6 Å². The first-order valence-electron chi connectivity index (χ1n) is 12.8. The van der Waals surface area contributed by atoms with Crippen molar-refractivity contribution in [2.75, 3.05) is 13.7 Å². The molecule has 3 unspecified atom stereocenters. The van der Waals surface area contributed by atoms with Crippen molar-refractivity contribution in [1.82, 2.24) is 30.2 Å². The molecule has 2 heterocycles. The largest absolute Gasteiger partial charge is 0.453 e. The van der Waals surface area contributed by atoms with Gasteiger partial charge in [-0.05, 0) is 87.7 Å². The van der Waals surface area contributed by atoms with Crippen LogP contribution in [0.5, 0.6) is 0 Å². The summed E-state index contributed by atoms with van der Waals surface area (Å²) in [7, 11) is 1.32. The van der Waals surface area contributed by atoms with E-state index in [9.17, 15) is 14.7 Å². The minimum atomic E-state index is -0.704. The van der Waals surface area contributed by atoms with Gasteiger partial charge >= 0.3 is 6.09 Å². The summed E-state index contributed by atoms with van der Waals surface area (Å²) < 4.78 is 7.91. The highest BCUT2D eigenvalue weighted by molar-refractivity contribution is 5.97. The van der Waals surface area contributed by atoms with Gasteiger partial charge < -0.3 is 20.5 Å². The Bertz CT molecular complexity index is 1130. The molecular weight excluding hydrogens is 460 g/mol. The van der Waals surface area contributed by atoms with Gasteiger partial charge in [-0.25, -0.2) is 14.2 Å². The zero-order valence-corrected chi connectivity index (χ0v) is 21.2. The third-order valence-corrected chi connectivity index (χ3v) is 8.31. The summed E-state index contributed by atoms with van der Waals surface area (Å²) in [6, 6.07) is 1.90. The van der Waals surface area contributed by atoms with Crippen LogP contribution in [0.3, 0.4) is 0 Å². The number of nitrogens with one attached hydrogen (secondary N) is 2. The van der Waals surface area contributed by atoms with Crippen LogP contribution in [-0.2, 0) is 4.74 Å². The topological polar surface area (TPSA) is 123 Å². The van der Waals surface area contributed by atoms with Gasteiger partial charge in [-0.15, -0.1) is 0 Å². The number of amides is 2. The van der Waals surface area contributed by atoms with Gasteiger partial charge in [0.1, 0.15) is 5.56 Å². The van der Waals surface area contributed by atoms with Crippen LogP contribution < -0.4 is 10.6 Å². The molecule has 10 nitrogen and oxygen atoms in total. The van der Waals surface area contributed by atoms with Crippen LogP contribution in [0.4, 0.5) is 4.79 Å². The highest BCUT2D eigenvalue weighted by Crippen LogP contribution is 2.58. The van der Waals surface area contributed by atoms with Gasteiger partial charge in [-0.3, -0.25) is 4.79 Å². The molecular formula is C26H36N6O4. The van der Waals surface area contributed by atoms with Crippen molar-refractivity contribution in [2.24, 2.45) is 23.2 Å². The number of aromatic nitrogens is 4. The average Bonchev–Trinajstić information content (AvgIpc) is 3.56. The zero-order valence-electron chi connectivity index (χ0n) is 21.2. The number of nitrogens with zero attached hydrogens (tertiary/aromatic N) is 4. The van der Waals surface area contributed by atoms with Crippen molar-refractivity contribution in [1.29, 1.82) is 0 Å². The Balaban J connectivity index is 1.39. The highest BCUT2D eigenvalue weighted by Gasteiger charge is 2.52. The molecule has 0 saturated heterocycles. The lowest BCUT2D eigenvalue weighted by molar-refractivity contribution is -0.0478. The van der Waals surface area contributed by atoms with Gasteiger partial charge in [0.15, 0.2) is 5.82 Å². The normalized spacial score (nSPS) is 29.3. The quantitative estimate of drug-likeness (QED) is 0.542. The van der Waals surface area contributed by atoms with E-state index in [1.54, 1.807) is 46.3 Å². The van der Waals surface area contributed by atoms with Gasteiger partial charge in [0.05, 0.1) is 18.8 Å². The molecule has 194 valence electrons. The molecule has 3 atom stereocenters. The molecule has 0 radical (unpaired) electrons. The molecule has 0 aliphatic heterocycles.